The van der Waals surface area contributed by atoms with Crippen LogP contribution in [0, 0.1) is 6.92 Å². The van der Waals surface area contributed by atoms with E-state index in [1.807, 2.05) is 6.92 Å². The number of rotatable bonds is 7. The maximum atomic E-state index is 6.06. The Kier molecular flexibility index (Phi) is 5.71. The third-order valence-corrected chi connectivity index (χ3v) is 4.11. The molecule has 21 heavy (non-hydrogen) atoms. The van der Waals surface area contributed by atoms with E-state index in [0.29, 0.717) is 12.6 Å². The molecular formula is C18H27N3. The second-order valence-electron chi connectivity index (χ2n) is 5.64. The summed E-state index contributed by atoms with van der Waals surface area (Å²) in [5.74, 6) is 0. The SMILES string of the molecule is CCCCN(CC)C(CN)c1ccc2nc(C)ccc2c1. The molecule has 0 saturated carbocycles. The predicted molar refractivity (Wildman–Crippen MR) is 90.4 cm³/mol. The fourth-order valence-electron chi connectivity index (χ4n) is 2.84. The molecule has 1 aromatic carbocycles. The van der Waals surface area contributed by atoms with Gasteiger partial charge in [-0.2, -0.15) is 0 Å². The van der Waals surface area contributed by atoms with Gasteiger partial charge in [0.05, 0.1) is 5.52 Å². The van der Waals surface area contributed by atoms with Crippen LogP contribution < -0.4 is 5.73 Å². The quantitative estimate of drug-likeness (QED) is 0.844. The number of hydrogen-bond donors (Lipinski definition) is 1. The van der Waals surface area contributed by atoms with Gasteiger partial charge >= 0.3 is 0 Å². The van der Waals surface area contributed by atoms with Crippen LogP contribution in [0.4, 0.5) is 0 Å². The second kappa shape index (κ2) is 7.53. The first kappa shape index (κ1) is 15.9. The van der Waals surface area contributed by atoms with E-state index in [1.54, 1.807) is 0 Å². The first-order valence-electron chi connectivity index (χ1n) is 8.01. The number of benzene rings is 1. The van der Waals surface area contributed by atoms with Gasteiger partial charge in [0, 0.05) is 23.7 Å². The normalized spacial score (nSPS) is 13.0. The summed E-state index contributed by atoms with van der Waals surface area (Å²) in [7, 11) is 0. The van der Waals surface area contributed by atoms with Gasteiger partial charge in [-0.05, 0) is 50.2 Å². The molecule has 2 N–H and O–H groups in total. The number of aromatic nitrogens is 1. The van der Waals surface area contributed by atoms with Gasteiger partial charge in [0.1, 0.15) is 0 Å². The van der Waals surface area contributed by atoms with Crippen molar-refractivity contribution in [2.45, 2.75) is 39.7 Å². The molecule has 0 radical (unpaired) electrons. The Hall–Kier alpha value is -1.45. The average Bonchev–Trinajstić information content (AvgIpc) is 2.51. The molecule has 1 unspecified atom stereocenters. The van der Waals surface area contributed by atoms with Crippen molar-refractivity contribution in [1.29, 1.82) is 0 Å². The van der Waals surface area contributed by atoms with Crippen molar-refractivity contribution in [3.05, 3.63) is 41.6 Å². The molecule has 0 aliphatic heterocycles. The fraction of sp³-hybridized carbons (Fsp3) is 0.500. The molecule has 1 atom stereocenters. The topological polar surface area (TPSA) is 42.1 Å². The molecule has 2 aromatic rings. The van der Waals surface area contributed by atoms with Crippen molar-refractivity contribution in [2.75, 3.05) is 19.6 Å². The summed E-state index contributed by atoms with van der Waals surface area (Å²) in [6.07, 6.45) is 2.44. The summed E-state index contributed by atoms with van der Waals surface area (Å²) in [5, 5.41) is 1.20. The molecule has 0 aliphatic rings. The van der Waals surface area contributed by atoms with Crippen LogP contribution in [0.2, 0.25) is 0 Å². The fourth-order valence-corrected chi connectivity index (χ4v) is 2.84. The number of unbranched alkanes of at least 4 members (excludes halogenated alkanes) is 1. The van der Waals surface area contributed by atoms with Gasteiger partial charge in [-0.15, -0.1) is 0 Å². The first-order chi connectivity index (χ1) is 10.2. The Balaban J connectivity index is 2.30. The van der Waals surface area contributed by atoms with Gasteiger partial charge in [-0.3, -0.25) is 9.88 Å². The van der Waals surface area contributed by atoms with Crippen molar-refractivity contribution in [3.63, 3.8) is 0 Å². The largest absolute Gasteiger partial charge is 0.329 e. The zero-order chi connectivity index (χ0) is 15.2. The van der Waals surface area contributed by atoms with Gasteiger partial charge in [-0.1, -0.05) is 32.4 Å². The highest BCUT2D eigenvalue weighted by Crippen LogP contribution is 2.24. The summed E-state index contributed by atoms with van der Waals surface area (Å²) in [6, 6.07) is 11.1. The molecule has 3 nitrogen and oxygen atoms in total. The first-order valence-corrected chi connectivity index (χ1v) is 8.01. The van der Waals surface area contributed by atoms with Crippen molar-refractivity contribution in [1.82, 2.24) is 9.88 Å². The Morgan fingerprint density at radius 2 is 2.00 bits per heavy atom. The van der Waals surface area contributed by atoms with Crippen LogP contribution in [0.5, 0.6) is 0 Å². The third kappa shape index (κ3) is 3.80. The van der Waals surface area contributed by atoms with Crippen LogP contribution in [0.3, 0.4) is 0 Å². The number of pyridine rings is 1. The monoisotopic (exact) mass is 285 g/mol. The number of likely N-dealkylation sites (N-methyl/N-ethyl adjacent to an activating group) is 1. The summed E-state index contributed by atoms with van der Waals surface area (Å²) < 4.78 is 0. The maximum absolute atomic E-state index is 6.06. The Morgan fingerprint density at radius 1 is 1.19 bits per heavy atom. The van der Waals surface area contributed by atoms with Gasteiger partial charge < -0.3 is 5.73 Å². The highest BCUT2D eigenvalue weighted by atomic mass is 15.2. The highest BCUT2D eigenvalue weighted by Gasteiger charge is 2.17. The number of aryl methyl sites for hydroxylation is 1. The molecule has 0 saturated heterocycles. The molecule has 0 spiro atoms. The Labute approximate surface area is 128 Å². The van der Waals surface area contributed by atoms with Crippen LogP contribution in [0.25, 0.3) is 10.9 Å². The van der Waals surface area contributed by atoms with Crippen molar-refractivity contribution < 1.29 is 0 Å². The summed E-state index contributed by atoms with van der Waals surface area (Å²) >= 11 is 0. The molecule has 1 aromatic heterocycles. The molecule has 0 bridgehead atoms. The standard InChI is InChI=1S/C18H27N3/c1-4-6-11-21(5-2)18(13-19)16-9-10-17-15(12-16)8-7-14(3)20-17/h7-10,12,18H,4-6,11,13,19H2,1-3H3. The van der Waals surface area contributed by atoms with Crippen LogP contribution in [0.1, 0.15) is 44.0 Å². The predicted octanol–water partition coefficient (Wildman–Crippen LogP) is 3.67. The smallest absolute Gasteiger partial charge is 0.0705 e. The number of hydrogen-bond acceptors (Lipinski definition) is 3. The molecule has 2 rings (SSSR count). The second-order valence-corrected chi connectivity index (χ2v) is 5.64. The third-order valence-electron chi connectivity index (χ3n) is 4.11. The van der Waals surface area contributed by atoms with Crippen LogP contribution in [-0.4, -0.2) is 29.5 Å². The minimum Gasteiger partial charge on any atom is -0.329 e. The molecule has 0 amide bonds. The molecule has 1 heterocycles. The van der Waals surface area contributed by atoms with E-state index in [9.17, 15) is 0 Å². The Bertz CT molecular complexity index is 580. The lowest BCUT2D eigenvalue weighted by atomic mass is 10.0. The maximum Gasteiger partial charge on any atom is 0.0705 e. The molecular weight excluding hydrogens is 258 g/mol. The van der Waals surface area contributed by atoms with Crippen molar-refractivity contribution in [3.8, 4) is 0 Å². The molecule has 0 aliphatic carbocycles. The minimum absolute atomic E-state index is 0.298. The van der Waals surface area contributed by atoms with Gasteiger partial charge in [0.2, 0.25) is 0 Å². The molecule has 114 valence electrons. The van der Waals surface area contributed by atoms with Gasteiger partial charge in [0.15, 0.2) is 0 Å². The number of fused-ring (bicyclic) bond motifs is 1. The lowest BCUT2D eigenvalue weighted by Crippen LogP contribution is -2.34. The highest BCUT2D eigenvalue weighted by molar-refractivity contribution is 5.79. The van der Waals surface area contributed by atoms with Gasteiger partial charge in [0.25, 0.3) is 0 Å². The number of nitrogens with zero attached hydrogens (tertiary/aromatic N) is 2. The lowest BCUT2D eigenvalue weighted by molar-refractivity contribution is 0.209. The number of nitrogens with two attached hydrogens (primary N) is 1. The van der Waals surface area contributed by atoms with E-state index in [2.05, 4.69) is 54.1 Å². The van der Waals surface area contributed by atoms with Gasteiger partial charge in [-0.25, -0.2) is 0 Å². The van der Waals surface area contributed by atoms with E-state index in [1.165, 1.54) is 23.8 Å². The Morgan fingerprint density at radius 3 is 2.67 bits per heavy atom. The minimum atomic E-state index is 0.298. The molecule has 3 heteroatoms. The molecule has 0 fully saturated rings. The zero-order valence-electron chi connectivity index (χ0n) is 13.5. The lowest BCUT2D eigenvalue weighted by Gasteiger charge is -2.30. The van der Waals surface area contributed by atoms with E-state index >= 15 is 0 Å². The average molecular weight is 285 g/mol. The summed E-state index contributed by atoms with van der Waals surface area (Å²) in [5.41, 5.74) is 9.48. The van der Waals surface area contributed by atoms with Crippen molar-refractivity contribution >= 4 is 10.9 Å². The van der Waals surface area contributed by atoms with Crippen molar-refractivity contribution in [2.24, 2.45) is 5.73 Å². The van der Waals surface area contributed by atoms with E-state index < -0.39 is 0 Å². The van der Waals surface area contributed by atoms with Crippen LogP contribution in [-0.2, 0) is 0 Å². The van der Waals surface area contributed by atoms with Crippen LogP contribution >= 0.6 is 0 Å². The van der Waals surface area contributed by atoms with E-state index in [0.717, 1.165) is 24.3 Å². The zero-order valence-corrected chi connectivity index (χ0v) is 13.5. The summed E-state index contributed by atoms with van der Waals surface area (Å²) in [6.45, 7) is 9.27. The summed E-state index contributed by atoms with van der Waals surface area (Å²) in [4.78, 5) is 7.05. The van der Waals surface area contributed by atoms with Crippen LogP contribution in [0.15, 0.2) is 30.3 Å². The van der Waals surface area contributed by atoms with E-state index in [-0.39, 0.29) is 0 Å². The van der Waals surface area contributed by atoms with E-state index in [4.69, 9.17) is 5.73 Å².